The van der Waals surface area contributed by atoms with Crippen molar-refractivity contribution >= 4 is 11.9 Å². The normalized spacial score (nSPS) is 15.7. The Morgan fingerprint density at radius 2 is 1.80 bits per heavy atom. The van der Waals surface area contributed by atoms with Crippen molar-refractivity contribution in [2.24, 2.45) is 10.7 Å². The molecule has 1 aromatic carbocycles. The van der Waals surface area contributed by atoms with Crippen LogP contribution >= 0.6 is 0 Å². The summed E-state index contributed by atoms with van der Waals surface area (Å²) in [7, 11) is 0. The molecule has 4 N–H and O–H groups in total. The van der Waals surface area contributed by atoms with Crippen molar-refractivity contribution < 1.29 is 23.7 Å². The Labute approximate surface area is 208 Å². The predicted molar refractivity (Wildman–Crippen MR) is 135 cm³/mol. The molecule has 2 heterocycles. The lowest BCUT2D eigenvalue weighted by Gasteiger charge is -2.21. The SMILES string of the molecule is NCCOCCOCCOCCN1Cc2cc(OCCCNC3=NCCCN3)ccc2CCC1=O. The molecule has 2 aliphatic heterocycles. The zero-order valence-corrected chi connectivity index (χ0v) is 20.8. The molecule has 0 atom stereocenters. The Kier molecular flexibility index (Phi) is 12.7. The van der Waals surface area contributed by atoms with Crippen LogP contribution in [0.15, 0.2) is 23.2 Å². The molecule has 0 fully saturated rings. The molecule has 0 aromatic heterocycles. The van der Waals surface area contributed by atoms with Gasteiger partial charge in [-0.1, -0.05) is 6.07 Å². The summed E-state index contributed by atoms with van der Waals surface area (Å²) in [5, 5.41) is 6.56. The number of aryl methyl sites for hydroxylation is 1. The van der Waals surface area contributed by atoms with E-state index in [1.54, 1.807) is 0 Å². The van der Waals surface area contributed by atoms with E-state index < -0.39 is 0 Å². The van der Waals surface area contributed by atoms with Crippen molar-refractivity contribution in [1.82, 2.24) is 15.5 Å². The second-order valence-electron chi connectivity index (χ2n) is 8.51. The first-order valence-corrected chi connectivity index (χ1v) is 12.7. The number of amides is 1. The van der Waals surface area contributed by atoms with Gasteiger partial charge >= 0.3 is 0 Å². The number of nitrogens with one attached hydrogen (secondary N) is 2. The second-order valence-corrected chi connectivity index (χ2v) is 8.51. The van der Waals surface area contributed by atoms with Gasteiger partial charge in [-0.3, -0.25) is 9.79 Å². The second kappa shape index (κ2) is 16.3. The molecule has 3 rings (SSSR count). The van der Waals surface area contributed by atoms with Gasteiger partial charge in [0.05, 0.1) is 46.2 Å². The summed E-state index contributed by atoms with van der Waals surface area (Å²) < 4.78 is 22.3. The van der Waals surface area contributed by atoms with E-state index in [4.69, 9.17) is 24.7 Å². The lowest BCUT2D eigenvalue weighted by molar-refractivity contribution is -0.132. The van der Waals surface area contributed by atoms with E-state index in [0.717, 1.165) is 56.2 Å². The van der Waals surface area contributed by atoms with Crippen LogP contribution in [0.3, 0.4) is 0 Å². The number of nitrogens with two attached hydrogens (primary N) is 1. The average molecular weight is 492 g/mol. The van der Waals surface area contributed by atoms with Crippen LogP contribution < -0.4 is 21.1 Å². The predicted octanol–water partition coefficient (Wildman–Crippen LogP) is 0.678. The number of aliphatic imine (C=N–C) groups is 1. The van der Waals surface area contributed by atoms with Crippen molar-refractivity contribution in [1.29, 1.82) is 0 Å². The molecule has 1 amide bonds. The maximum absolute atomic E-state index is 12.6. The zero-order chi connectivity index (χ0) is 24.6. The lowest BCUT2D eigenvalue weighted by atomic mass is 10.0. The highest BCUT2D eigenvalue weighted by atomic mass is 16.5. The Morgan fingerprint density at radius 1 is 1.00 bits per heavy atom. The number of hydrogen-bond acceptors (Lipinski definition) is 9. The maximum Gasteiger partial charge on any atom is 0.223 e. The van der Waals surface area contributed by atoms with E-state index in [2.05, 4.69) is 27.8 Å². The van der Waals surface area contributed by atoms with E-state index in [1.807, 2.05) is 11.0 Å². The van der Waals surface area contributed by atoms with Gasteiger partial charge < -0.3 is 40.2 Å². The summed E-state index contributed by atoms with van der Waals surface area (Å²) in [5.41, 5.74) is 7.72. The molecular weight excluding hydrogens is 450 g/mol. The number of hydrogen-bond donors (Lipinski definition) is 3. The summed E-state index contributed by atoms with van der Waals surface area (Å²) in [6.07, 6.45) is 3.24. The Bertz CT molecular complexity index is 792. The lowest BCUT2D eigenvalue weighted by Crippen LogP contribution is -2.41. The highest BCUT2D eigenvalue weighted by Gasteiger charge is 2.20. The summed E-state index contributed by atoms with van der Waals surface area (Å²) >= 11 is 0. The number of carbonyl (C=O) groups is 1. The van der Waals surface area contributed by atoms with Crippen molar-refractivity contribution in [3.05, 3.63) is 29.3 Å². The molecule has 0 saturated carbocycles. The molecule has 0 spiro atoms. The fourth-order valence-corrected chi connectivity index (χ4v) is 3.90. The van der Waals surface area contributed by atoms with Crippen LogP contribution in [-0.2, 0) is 32.0 Å². The van der Waals surface area contributed by atoms with E-state index in [9.17, 15) is 4.79 Å². The van der Waals surface area contributed by atoms with Crippen molar-refractivity contribution in [3.63, 3.8) is 0 Å². The van der Waals surface area contributed by atoms with Gasteiger partial charge in [0.1, 0.15) is 5.75 Å². The number of benzene rings is 1. The van der Waals surface area contributed by atoms with Crippen molar-refractivity contribution in [3.8, 4) is 5.75 Å². The molecule has 0 unspecified atom stereocenters. The summed E-state index contributed by atoms with van der Waals surface area (Å²) in [5.74, 6) is 1.89. The van der Waals surface area contributed by atoms with E-state index >= 15 is 0 Å². The van der Waals surface area contributed by atoms with Crippen LogP contribution in [0, 0.1) is 0 Å². The molecule has 10 nitrogen and oxygen atoms in total. The molecular formula is C25H41N5O5. The van der Waals surface area contributed by atoms with Crippen molar-refractivity contribution in [2.45, 2.75) is 32.2 Å². The quantitative estimate of drug-likeness (QED) is 0.289. The number of ether oxygens (including phenoxy) is 4. The van der Waals surface area contributed by atoms with Crippen LogP contribution in [0.4, 0.5) is 0 Å². The van der Waals surface area contributed by atoms with Crippen LogP contribution in [0.2, 0.25) is 0 Å². The minimum absolute atomic E-state index is 0.158. The largest absolute Gasteiger partial charge is 0.494 e. The Hall–Kier alpha value is -2.40. The smallest absolute Gasteiger partial charge is 0.223 e. The fourth-order valence-electron chi connectivity index (χ4n) is 3.90. The Morgan fingerprint density at radius 3 is 2.57 bits per heavy atom. The van der Waals surface area contributed by atoms with Gasteiger partial charge in [-0.05, 0) is 42.5 Å². The summed E-state index contributed by atoms with van der Waals surface area (Å²) in [4.78, 5) is 18.9. The monoisotopic (exact) mass is 491 g/mol. The van der Waals surface area contributed by atoms with E-state index in [1.165, 1.54) is 5.56 Å². The topological polar surface area (TPSA) is 120 Å². The standard InChI is InChI=1S/C25H41N5O5/c26-7-13-32-15-17-34-18-16-33-14-11-30-20-22-19-23(5-3-21(22)4-6-24(30)31)35-12-2-10-29-25-27-8-1-9-28-25/h3,5,19H,1-2,4,6-18,20,26H2,(H2,27,28,29). The molecule has 1 aromatic rings. The minimum Gasteiger partial charge on any atom is -0.494 e. The number of guanidine groups is 1. The molecule has 2 aliphatic rings. The third kappa shape index (κ3) is 10.4. The first kappa shape index (κ1) is 27.2. The molecule has 35 heavy (non-hydrogen) atoms. The van der Waals surface area contributed by atoms with Gasteiger partial charge in [-0.25, -0.2) is 0 Å². The number of rotatable bonds is 16. The highest BCUT2D eigenvalue weighted by molar-refractivity contribution is 5.80. The van der Waals surface area contributed by atoms with Gasteiger partial charge in [0.25, 0.3) is 0 Å². The van der Waals surface area contributed by atoms with Crippen LogP contribution in [-0.4, -0.2) is 95.7 Å². The number of fused-ring (bicyclic) bond motifs is 1. The molecule has 10 heteroatoms. The van der Waals surface area contributed by atoms with Gasteiger partial charge in [0, 0.05) is 45.7 Å². The van der Waals surface area contributed by atoms with Crippen LogP contribution in [0.1, 0.15) is 30.4 Å². The van der Waals surface area contributed by atoms with E-state index in [-0.39, 0.29) is 5.91 Å². The van der Waals surface area contributed by atoms with Crippen LogP contribution in [0.5, 0.6) is 5.75 Å². The number of carbonyl (C=O) groups excluding carboxylic acids is 1. The maximum atomic E-state index is 12.6. The Balaban J connectivity index is 1.33. The zero-order valence-electron chi connectivity index (χ0n) is 20.8. The van der Waals surface area contributed by atoms with Gasteiger partial charge in [0.15, 0.2) is 5.96 Å². The minimum atomic E-state index is 0.158. The molecule has 196 valence electrons. The third-order valence-corrected chi connectivity index (χ3v) is 5.79. The molecule has 0 aliphatic carbocycles. The van der Waals surface area contributed by atoms with Gasteiger partial charge in [-0.2, -0.15) is 0 Å². The highest BCUT2D eigenvalue weighted by Crippen LogP contribution is 2.24. The first-order chi connectivity index (χ1) is 17.3. The van der Waals surface area contributed by atoms with Gasteiger partial charge in [0.2, 0.25) is 5.91 Å². The third-order valence-electron chi connectivity index (χ3n) is 5.79. The first-order valence-electron chi connectivity index (χ1n) is 12.7. The fraction of sp³-hybridized carbons (Fsp3) is 0.680. The number of nitrogens with zero attached hydrogens (tertiary/aromatic N) is 2. The molecule has 0 bridgehead atoms. The van der Waals surface area contributed by atoms with E-state index in [0.29, 0.717) is 72.3 Å². The van der Waals surface area contributed by atoms with Crippen molar-refractivity contribution in [2.75, 3.05) is 79.0 Å². The van der Waals surface area contributed by atoms with Crippen LogP contribution in [0.25, 0.3) is 0 Å². The molecule has 0 saturated heterocycles. The summed E-state index contributed by atoms with van der Waals surface area (Å²) in [6.45, 7) is 8.04. The average Bonchev–Trinajstić information content (AvgIpc) is 3.04. The summed E-state index contributed by atoms with van der Waals surface area (Å²) in [6, 6.07) is 6.16. The molecule has 0 radical (unpaired) electrons. The van der Waals surface area contributed by atoms with Gasteiger partial charge in [-0.15, -0.1) is 0 Å².